The fourth-order valence-corrected chi connectivity index (χ4v) is 7.24. The number of carbonyl (C=O) groups excluding carboxylic acids is 1. The highest BCUT2D eigenvalue weighted by atomic mass is 16.6. The van der Waals surface area contributed by atoms with E-state index in [4.69, 9.17) is 14.2 Å². The van der Waals surface area contributed by atoms with Crippen molar-refractivity contribution in [3.63, 3.8) is 0 Å². The van der Waals surface area contributed by atoms with Gasteiger partial charge < -0.3 is 30.2 Å². The van der Waals surface area contributed by atoms with Crippen LogP contribution in [0, 0.1) is 34.5 Å². The Hall–Kier alpha value is -3.58. The van der Waals surface area contributed by atoms with Crippen molar-refractivity contribution < 1.29 is 19.0 Å². The van der Waals surface area contributed by atoms with Gasteiger partial charge in [0, 0.05) is 31.8 Å². The first kappa shape index (κ1) is 28.9. The fraction of sp³-hybridized carbons (Fsp3) is 0.613. The minimum absolute atomic E-state index is 0.131. The highest BCUT2D eigenvalue weighted by Crippen LogP contribution is 2.60. The van der Waals surface area contributed by atoms with E-state index in [1.54, 1.807) is 13.3 Å². The Morgan fingerprint density at radius 2 is 1.88 bits per heavy atom. The second-order valence-electron chi connectivity index (χ2n) is 12.9. The zero-order valence-electron chi connectivity index (χ0n) is 24.5. The Bertz CT molecular complexity index is 1260. The Balaban J connectivity index is 1.22. The van der Waals surface area contributed by atoms with Crippen molar-refractivity contribution in [2.45, 2.75) is 71.1 Å². The number of nitrogens with one attached hydrogen (secondary N) is 3. The number of hydrogen-bond donors (Lipinski definition) is 3. The quantitative estimate of drug-likeness (QED) is 0.320. The van der Waals surface area contributed by atoms with E-state index in [-0.39, 0.29) is 17.6 Å². The van der Waals surface area contributed by atoms with Crippen LogP contribution >= 0.6 is 0 Å². The van der Waals surface area contributed by atoms with Crippen LogP contribution in [0.2, 0.25) is 0 Å². The molecule has 41 heavy (non-hydrogen) atoms. The van der Waals surface area contributed by atoms with Crippen LogP contribution in [-0.4, -0.2) is 54.6 Å². The first-order valence-electron chi connectivity index (χ1n) is 14.6. The van der Waals surface area contributed by atoms with Gasteiger partial charge in [0.25, 0.3) is 0 Å². The molecule has 3 N–H and O–H groups in total. The predicted octanol–water partition coefficient (Wildman–Crippen LogP) is 5.12. The molecule has 1 amide bonds. The van der Waals surface area contributed by atoms with Gasteiger partial charge in [-0.15, -0.1) is 0 Å². The van der Waals surface area contributed by atoms with E-state index < -0.39 is 5.60 Å². The van der Waals surface area contributed by atoms with E-state index in [1.807, 2.05) is 45.0 Å². The number of nitrogens with zero attached hydrogens (tertiary/aromatic N) is 3. The molecule has 1 aromatic heterocycles. The number of carbonyl (C=O) groups is 1. The zero-order valence-corrected chi connectivity index (χ0v) is 24.5. The molecule has 0 spiro atoms. The maximum Gasteiger partial charge on any atom is 0.407 e. The van der Waals surface area contributed by atoms with Gasteiger partial charge in [0.2, 0.25) is 5.95 Å². The third-order valence-corrected chi connectivity index (χ3v) is 8.58. The first-order chi connectivity index (χ1) is 19.7. The summed E-state index contributed by atoms with van der Waals surface area (Å²) < 4.78 is 16.5. The van der Waals surface area contributed by atoms with E-state index in [2.05, 4.69) is 32.0 Å². The van der Waals surface area contributed by atoms with E-state index in [0.717, 1.165) is 43.5 Å². The lowest BCUT2D eigenvalue weighted by Crippen LogP contribution is -2.60. The summed E-state index contributed by atoms with van der Waals surface area (Å²) in [5, 5.41) is 19.8. The van der Waals surface area contributed by atoms with Crippen LogP contribution in [-0.2, 0) is 16.0 Å². The summed E-state index contributed by atoms with van der Waals surface area (Å²) >= 11 is 0. The maximum atomic E-state index is 12.6. The number of nitriles is 1. The summed E-state index contributed by atoms with van der Waals surface area (Å²) in [4.78, 5) is 21.6. The number of hydrogen-bond acceptors (Lipinski definition) is 9. The molecular weight excluding hydrogens is 520 g/mol. The van der Waals surface area contributed by atoms with Gasteiger partial charge in [-0.1, -0.05) is 18.2 Å². The topological polar surface area (TPSA) is 130 Å². The summed E-state index contributed by atoms with van der Waals surface area (Å²) in [6, 6.07) is 10.2. The molecule has 10 heteroatoms. The molecule has 0 saturated heterocycles. The standard InChI is InChI=1S/C31H42N6O4/c1-30(2,3)41-29(38)36-26-22-11-20-12-23(26)15-31(13-20,14-22)19-35-27-24(16-32)18-34-28(37-27)33-17-21-7-5-6-8-25(21)40-10-9-39-4/h5-8,18,20,22-23,26H,9-15,17,19H2,1-4H3,(H,36,38)(H2,33,34,35,37)/t20?,22-,23+,26?,31?. The van der Waals surface area contributed by atoms with Crippen LogP contribution in [0.3, 0.4) is 0 Å². The van der Waals surface area contributed by atoms with Crippen LogP contribution in [0.5, 0.6) is 5.75 Å². The number of anilines is 2. The lowest BCUT2D eigenvalue weighted by atomic mass is 9.48. The molecule has 5 atom stereocenters. The molecule has 0 aliphatic heterocycles. The van der Waals surface area contributed by atoms with Crippen LogP contribution in [0.1, 0.15) is 64.0 Å². The number of amides is 1. The number of benzene rings is 1. The minimum Gasteiger partial charge on any atom is -0.491 e. The number of para-hydroxylation sites is 1. The van der Waals surface area contributed by atoms with Gasteiger partial charge in [-0.25, -0.2) is 9.78 Å². The molecule has 10 nitrogen and oxygen atoms in total. The molecule has 4 bridgehead atoms. The molecule has 1 aromatic carbocycles. The lowest BCUT2D eigenvalue weighted by Gasteiger charge is -2.60. The molecule has 0 radical (unpaired) electrons. The van der Waals surface area contributed by atoms with Crippen molar-refractivity contribution >= 4 is 17.9 Å². The third-order valence-electron chi connectivity index (χ3n) is 8.58. The molecule has 220 valence electrons. The van der Waals surface area contributed by atoms with Gasteiger partial charge in [0.1, 0.15) is 35.4 Å². The molecule has 2 aromatic rings. The number of aromatic nitrogens is 2. The largest absolute Gasteiger partial charge is 0.491 e. The van der Waals surface area contributed by atoms with Crippen LogP contribution in [0.15, 0.2) is 30.5 Å². The Morgan fingerprint density at radius 3 is 2.59 bits per heavy atom. The summed E-state index contributed by atoms with van der Waals surface area (Å²) in [5.74, 6) is 3.35. The molecule has 4 aliphatic rings. The average Bonchev–Trinajstić information content (AvgIpc) is 2.92. The van der Waals surface area contributed by atoms with E-state index in [0.29, 0.717) is 54.8 Å². The second kappa shape index (κ2) is 12.1. The number of alkyl carbamates (subject to hydrolysis) is 1. The van der Waals surface area contributed by atoms with E-state index >= 15 is 0 Å². The molecule has 4 fully saturated rings. The highest BCUT2D eigenvalue weighted by molar-refractivity contribution is 5.68. The zero-order chi connectivity index (χ0) is 29.0. The van der Waals surface area contributed by atoms with Crippen molar-refractivity contribution in [3.8, 4) is 11.8 Å². The van der Waals surface area contributed by atoms with Gasteiger partial charge in [-0.05, 0) is 82.1 Å². The maximum absolute atomic E-state index is 12.6. The summed E-state index contributed by atoms with van der Waals surface area (Å²) in [7, 11) is 1.65. The lowest BCUT2D eigenvalue weighted by molar-refractivity contribution is -0.0703. The Morgan fingerprint density at radius 1 is 1.12 bits per heavy atom. The monoisotopic (exact) mass is 562 g/mol. The normalized spacial score (nSPS) is 26.2. The Labute approximate surface area is 242 Å². The number of methoxy groups -OCH3 is 1. The van der Waals surface area contributed by atoms with Crippen molar-refractivity contribution in [2.75, 3.05) is 37.5 Å². The molecule has 4 saturated carbocycles. The van der Waals surface area contributed by atoms with Gasteiger partial charge in [-0.2, -0.15) is 10.2 Å². The fourth-order valence-electron chi connectivity index (χ4n) is 7.24. The molecule has 3 unspecified atom stereocenters. The highest BCUT2D eigenvalue weighted by Gasteiger charge is 2.55. The summed E-state index contributed by atoms with van der Waals surface area (Å²) in [6.45, 7) is 7.90. The number of ether oxygens (including phenoxy) is 3. The van der Waals surface area contributed by atoms with Crippen LogP contribution < -0.4 is 20.7 Å². The van der Waals surface area contributed by atoms with Crippen molar-refractivity contribution in [1.82, 2.24) is 15.3 Å². The molecule has 4 aliphatic carbocycles. The van der Waals surface area contributed by atoms with Gasteiger partial charge in [-0.3, -0.25) is 0 Å². The van der Waals surface area contributed by atoms with Crippen molar-refractivity contribution in [1.29, 1.82) is 5.26 Å². The second-order valence-corrected chi connectivity index (χ2v) is 12.9. The predicted molar refractivity (Wildman–Crippen MR) is 156 cm³/mol. The first-order valence-corrected chi connectivity index (χ1v) is 14.6. The minimum atomic E-state index is -0.508. The van der Waals surface area contributed by atoms with Gasteiger partial charge in [0.15, 0.2) is 0 Å². The van der Waals surface area contributed by atoms with E-state index in [1.165, 1.54) is 6.42 Å². The average molecular weight is 563 g/mol. The van der Waals surface area contributed by atoms with Gasteiger partial charge in [0.05, 0.1) is 12.8 Å². The van der Waals surface area contributed by atoms with Gasteiger partial charge >= 0.3 is 6.09 Å². The summed E-state index contributed by atoms with van der Waals surface area (Å²) in [5.41, 5.74) is 1.03. The molecular formula is C31H42N6O4. The number of rotatable bonds is 11. The Kier molecular flexibility index (Phi) is 8.55. The molecule has 1 heterocycles. The smallest absolute Gasteiger partial charge is 0.407 e. The van der Waals surface area contributed by atoms with Crippen LogP contribution in [0.25, 0.3) is 0 Å². The van der Waals surface area contributed by atoms with Crippen molar-refractivity contribution in [2.24, 2.45) is 23.2 Å². The summed E-state index contributed by atoms with van der Waals surface area (Å²) in [6.07, 6.45) is 6.83. The van der Waals surface area contributed by atoms with E-state index in [9.17, 15) is 10.1 Å². The third kappa shape index (κ3) is 7.02. The molecule has 6 rings (SSSR count). The van der Waals surface area contributed by atoms with Crippen LogP contribution in [0.4, 0.5) is 16.6 Å². The van der Waals surface area contributed by atoms with Crippen molar-refractivity contribution in [3.05, 3.63) is 41.6 Å². The SMILES string of the molecule is COCCOc1ccccc1CNc1ncc(C#N)c(NCC23CC4C[C@H](C2)C(NC(=O)OC(C)(C)C)[C@@H](C4)C3)n1.